The third-order valence-electron chi connectivity index (χ3n) is 3.31. The van der Waals surface area contributed by atoms with Crippen molar-refractivity contribution in [2.75, 3.05) is 0 Å². The predicted octanol–water partition coefficient (Wildman–Crippen LogP) is 4.80. The van der Waals surface area contributed by atoms with Crippen molar-refractivity contribution in [2.45, 2.75) is 0 Å². The Balaban J connectivity index is 1.69. The van der Waals surface area contributed by atoms with Crippen molar-refractivity contribution in [3.8, 4) is 11.3 Å². The molecule has 1 amide bonds. The van der Waals surface area contributed by atoms with Crippen LogP contribution in [0.2, 0.25) is 15.1 Å². The van der Waals surface area contributed by atoms with E-state index in [2.05, 4.69) is 20.7 Å². The van der Waals surface area contributed by atoms with Gasteiger partial charge in [0.05, 0.1) is 22.0 Å². The lowest BCUT2D eigenvalue weighted by atomic mass is 10.1. The molecule has 0 unspecified atom stereocenters. The summed E-state index contributed by atoms with van der Waals surface area (Å²) >= 11 is 17.8. The van der Waals surface area contributed by atoms with Gasteiger partial charge in [-0.1, -0.05) is 59.1 Å². The summed E-state index contributed by atoms with van der Waals surface area (Å²) in [5, 5.41) is 12.1. The second kappa shape index (κ2) is 7.70. The zero-order chi connectivity index (χ0) is 17.8. The van der Waals surface area contributed by atoms with Crippen molar-refractivity contribution in [1.82, 2.24) is 15.6 Å². The van der Waals surface area contributed by atoms with Gasteiger partial charge < -0.3 is 0 Å². The lowest BCUT2D eigenvalue weighted by Crippen LogP contribution is -2.18. The van der Waals surface area contributed by atoms with Crippen molar-refractivity contribution in [2.24, 2.45) is 5.10 Å². The van der Waals surface area contributed by atoms with Gasteiger partial charge in [-0.3, -0.25) is 9.89 Å². The molecule has 1 aromatic heterocycles. The van der Waals surface area contributed by atoms with Crippen LogP contribution in [0.1, 0.15) is 16.1 Å². The molecule has 0 aliphatic heterocycles. The van der Waals surface area contributed by atoms with E-state index in [1.54, 1.807) is 36.4 Å². The maximum absolute atomic E-state index is 12.1. The van der Waals surface area contributed by atoms with Gasteiger partial charge in [-0.05, 0) is 24.3 Å². The van der Waals surface area contributed by atoms with Gasteiger partial charge in [-0.15, -0.1) is 0 Å². The maximum atomic E-state index is 12.1. The Morgan fingerprint density at radius 3 is 2.64 bits per heavy atom. The van der Waals surface area contributed by atoms with Gasteiger partial charge in [0.25, 0.3) is 5.91 Å². The molecular formula is C17H11Cl3N4O. The standard InChI is InChI=1S/C17H11Cl3N4O/c18-12-6-4-10(5-7-12)14-8-15(23-22-14)17(25)24-21-9-11-2-1-3-13(19)16(11)20/h1-9H,(H,22,23)(H,24,25). The van der Waals surface area contributed by atoms with E-state index in [1.165, 1.54) is 6.21 Å². The quantitative estimate of drug-likeness (QED) is 0.494. The molecule has 0 spiro atoms. The van der Waals surface area contributed by atoms with Crippen LogP contribution in [0.25, 0.3) is 11.3 Å². The summed E-state index contributed by atoms with van der Waals surface area (Å²) in [5.74, 6) is -0.429. The highest BCUT2D eigenvalue weighted by atomic mass is 35.5. The molecule has 0 fully saturated rings. The molecule has 0 bridgehead atoms. The lowest BCUT2D eigenvalue weighted by molar-refractivity contribution is 0.0950. The van der Waals surface area contributed by atoms with E-state index in [0.717, 1.165) is 5.56 Å². The zero-order valence-electron chi connectivity index (χ0n) is 12.6. The van der Waals surface area contributed by atoms with E-state index in [4.69, 9.17) is 34.8 Å². The van der Waals surface area contributed by atoms with Crippen molar-refractivity contribution >= 4 is 46.9 Å². The second-order valence-corrected chi connectivity index (χ2v) is 6.24. The predicted molar refractivity (Wildman–Crippen MR) is 101 cm³/mol. The van der Waals surface area contributed by atoms with Gasteiger partial charge in [0.2, 0.25) is 0 Å². The second-order valence-electron chi connectivity index (χ2n) is 5.02. The van der Waals surface area contributed by atoms with Crippen LogP contribution in [-0.2, 0) is 0 Å². The Hall–Kier alpha value is -2.34. The summed E-state index contributed by atoms with van der Waals surface area (Å²) in [6.45, 7) is 0. The number of aromatic amines is 1. The van der Waals surface area contributed by atoms with Crippen LogP contribution in [0.15, 0.2) is 53.6 Å². The van der Waals surface area contributed by atoms with Crippen LogP contribution in [0.3, 0.4) is 0 Å². The fraction of sp³-hybridized carbons (Fsp3) is 0. The number of halogens is 3. The minimum Gasteiger partial charge on any atom is -0.272 e. The van der Waals surface area contributed by atoms with Crippen LogP contribution < -0.4 is 5.43 Å². The highest BCUT2D eigenvalue weighted by molar-refractivity contribution is 6.43. The Morgan fingerprint density at radius 1 is 1.12 bits per heavy atom. The monoisotopic (exact) mass is 392 g/mol. The van der Waals surface area contributed by atoms with Crippen LogP contribution in [0, 0.1) is 0 Å². The summed E-state index contributed by atoms with van der Waals surface area (Å²) < 4.78 is 0. The number of nitrogens with one attached hydrogen (secondary N) is 2. The fourth-order valence-corrected chi connectivity index (χ4v) is 2.53. The van der Waals surface area contributed by atoms with E-state index >= 15 is 0 Å². The molecule has 3 aromatic rings. The topological polar surface area (TPSA) is 70.1 Å². The number of aromatic nitrogens is 2. The molecule has 25 heavy (non-hydrogen) atoms. The molecule has 0 aliphatic carbocycles. The first kappa shape index (κ1) is 17.5. The zero-order valence-corrected chi connectivity index (χ0v) is 14.9. The molecule has 0 saturated carbocycles. The molecule has 2 N–H and O–H groups in total. The Morgan fingerprint density at radius 2 is 1.88 bits per heavy atom. The van der Waals surface area contributed by atoms with Crippen molar-refractivity contribution in [1.29, 1.82) is 0 Å². The van der Waals surface area contributed by atoms with E-state index < -0.39 is 5.91 Å². The Kier molecular flexibility index (Phi) is 5.38. The molecule has 0 radical (unpaired) electrons. The molecule has 0 atom stereocenters. The number of amides is 1. The van der Waals surface area contributed by atoms with Gasteiger partial charge in [-0.25, -0.2) is 5.43 Å². The number of hydrogen-bond acceptors (Lipinski definition) is 3. The van der Waals surface area contributed by atoms with Gasteiger partial charge >= 0.3 is 0 Å². The van der Waals surface area contributed by atoms with E-state index in [1.807, 2.05) is 12.1 Å². The SMILES string of the molecule is O=C(NN=Cc1cccc(Cl)c1Cl)c1cc(-c2ccc(Cl)cc2)n[nH]1. The number of carbonyl (C=O) groups excluding carboxylic acids is 1. The van der Waals surface area contributed by atoms with Crippen LogP contribution in [-0.4, -0.2) is 22.3 Å². The van der Waals surface area contributed by atoms with Crippen molar-refractivity contribution in [3.05, 3.63) is 74.9 Å². The van der Waals surface area contributed by atoms with E-state index in [0.29, 0.717) is 26.3 Å². The molecular weight excluding hydrogens is 383 g/mol. The van der Waals surface area contributed by atoms with Crippen molar-refractivity contribution in [3.63, 3.8) is 0 Å². The molecule has 0 aliphatic rings. The Bertz CT molecular complexity index is 935. The number of hydrazone groups is 1. The lowest BCUT2D eigenvalue weighted by Gasteiger charge is -2.00. The highest BCUT2D eigenvalue weighted by Gasteiger charge is 2.10. The smallest absolute Gasteiger partial charge is 0.272 e. The number of nitrogens with zero attached hydrogens (tertiary/aromatic N) is 2. The van der Waals surface area contributed by atoms with Crippen LogP contribution in [0.5, 0.6) is 0 Å². The van der Waals surface area contributed by atoms with Gasteiger partial charge in [0, 0.05) is 16.1 Å². The van der Waals surface area contributed by atoms with Crippen LogP contribution >= 0.6 is 34.8 Å². The summed E-state index contributed by atoms with van der Waals surface area (Å²) in [7, 11) is 0. The number of rotatable bonds is 4. The maximum Gasteiger partial charge on any atom is 0.289 e. The molecule has 5 nitrogen and oxygen atoms in total. The first-order chi connectivity index (χ1) is 12.0. The minimum atomic E-state index is -0.429. The first-order valence-electron chi connectivity index (χ1n) is 7.13. The average Bonchev–Trinajstić information content (AvgIpc) is 3.09. The number of benzene rings is 2. The summed E-state index contributed by atoms with van der Waals surface area (Å²) in [6.07, 6.45) is 1.42. The molecule has 1 heterocycles. The number of carbonyl (C=O) groups is 1. The summed E-state index contributed by atoms with van der Waals surface area (Å²) in [5.41, 5.74) is 4.75. The number of H-pyrrole nitrogens is 1. The molecule has 2 aromatic carbocycles. The minimum absolute atomic E-state index is 0.277. The molecule has 3 rings (SSSR count). The summed E-state index contributed by atoms with van der Waals surface area (Å²) in [6, 6.07) is 13.9. The molecule has 126 valence electrons. The normalized spacial score (nSPS) is 11.0. The van der Waals surface area contributed by atoms with E-state index in [9.17, 15) is 4.79 Å². The van der Waals surface area contributed by atoms with Crippen LogP contribution in [0.4, 0.5) is 0 Å². The highest BCUT2D eigenvalue weighted by Crippen LogP contribution is 2.24. The fourth-order valence-electron chi connectivity index (χ4n) is 2.05. The average molecular weight is 394 g/mol. The van der Waals surface area contributed by atoms with Crippen molar-refractivity contribution < 1.29 is 4.79 Å². The third-order valence-corrected chi connectivity index (χ3v) is 4.40. The largest absolute Gasteiger partial charge is 0.289 e. The Labute approximate surface area is 158 Å². The number of hydrogen-bond donors (Lipinski definition) is 2. The van der Waals surface area contributed by atoms with Gasteiger partial charge in [-0.2, -0.15) is 10.2 Å². The van der Waals surface area contributed by atoms with Gasteiger partial charge in [0.15, 0.2) is 0 Å². The molecule has 8 heteroatoms. The third kappa shape index (κ3) is 4.20. The van der Waals surface area contributed by atoms with E-state index in [-0.39, 0.29) is 5.69 Å². The van der Waals surface area contributed by atoms with Gasteiger partial charge in [0.1, 0.15) is 5.69 Å². The first-order valence-corrected chi connectivity index (χ1v) is 8.27. The summed E-state index contributed by atoms with van der Waals surface area (Å²) in [4.78, 5) is 12.1. The molecule has 0 saturated heterocycles.